The lowest BCUT2D eigenvalue weighted by Gasteiger charge is -2.35. The van der Waals surface area contributed by atoms with Crippen LogP contribution in [0.2, 0.25) is 5.02 Å². The van der Waals surface area contributed by atoms with Crippen molar-refractivity contribution in [2.45, 2.75) is 32.2 Å². The van der Waals surface area contributed by atoms with E-state index in [0.717, 1.165) is 37.9 Å². The largest absolute Gasteiger partial charge is 0.463 e. The summed E-state index contributed by atoms with van der Waals surface area (Å²) in [4.78, 5) is 27.7. The molecule has 1 fully saturated rings. The molecular weight excluding hydrogens is 438 g/mol. The number of benzene rings is 2. The first-order valence-electron chi connectivity index (χ1n) is 11.5. The van der Waals surface area contributed by atoms with Gasteiger partial charge in [0.15, 0.2) is 0 Å². The minimum absolute atomic E-state index is 0.266. The van der Waals surface area contributed by atoms with Crippen molar-refractivity contribution in [2.75, 3.05) is 26.2 Å². The number of carbonyl (C=O) groups excluding carboxylic acids is 2. The summed E-state index contributed by atoms with van der Waals surface area (Å²) in [5.41, 5.74) is 3.22. The lowest BCUT2D eigenvalue weighted by atomic mass is 9.89. The molecule has 0 aliphatic carbocycles. The minimum atomic E-state index is -0.583. The number of hydrogen-bond acceptors (Lipinski definition) is 4. The molecule has 0 spiro atoms. The number of likely N-dealkylation sites (tertiary alicyclic amines) is 1. The maximum Gasteiger partial charge on any atom is 0.338 e. The Labute approximate surface area is 199 Å². The zero-order valence-corrected chi connectivity index (χ0v) is 19.6. The number of esters is 1. The molecule has 2 amide bonds. The highest BCUT2D eigenvalue weighted by molar-refractivity contribution is 6.30. The van der Waals surface area contributed by atoms with Crippen molar-refractivity contribution in [1.29, 1.82) is 0 Å². The molecule has 0 radical (unpaired) electrons. The van der Waals surface area contributed by atoms with E-state index in [2.05, 4.69) is 39.8 Å². The zero-order valence-electron chi connectivity index (χ0n) is 18.9. The van der Waals surface area contributed by atoms with Crippen LogP contribution in [-0.2, 0) is 16.0 Å². The van der Waals surface area contributed by atoms with Gasteiger partial charge in [0.25, 0.3) is 0 Å². The lowest BCUT2D eigenvalue weighted by molar-refractivity contribution is -0.139. The van der Waals surface area contributed by atoms with Crippen LogP contribution in [0.4, 0.5) is 4.79 Å². The monoisotopic (exact) mass is 467 g/mol. The molecule has 2 aromatic rings. The normalized spacial score (nSPS) is 19.7. The average molecular weight is 468 g/mol. The molecule has 174 valence electrons. The molecule has 2 aliphatic heterocycles. The Hall–Kier alpha value is -2.83. The fraction of sp³-hybridized carbons (Fsp3) is 0.385. The quantitative estimate of drug-likeness (QED) is 0.589. The van der Waals surface area contributed by atoms with Crippen molar-refractivity contribution in [2.24, 2.45) is 5.92 Å². The van der Waals surface area contributed by atoms with Gasteiger partial charge in [-0.3, -0.25) is 4.90 Å². The second-order valence-corrected chi connectivity index (χ2v) is 9.04. The van der Waals surface area contributed by atoms with Crippen LogP contribution in [-0.4, -0.2) is 43.1 Å². The van der Waals surface area contributed by atoms with E-state index in [9.17, 15) is 9.59 Å². The summed E-state index contributed by atoms with van der Waals surface area (Å²) in [7, 11) is 0. The van der Waals surface area contributed by atoms with Crippen LogP contribution in [0.15, 0.2) is 65.9 Å². The lowest BCUT2D eigenvalue weighted by Crippen LogP contribution is -2.49. The molecular formula is C26H30ClN3O3. The Kier molecular flexibility index (Phi) is 7.68. The van der Waals surface area contributed by atoms with Gasteiger partial charge in [0.2, 0.25) is 0 Å². The Morgan fingerprint density at radius 3 is 2.45 bits per heavy atom. The summed E-state index contributed by atoms with van der Waals surface area (Å²) in [6.07, 6.45) is 3.26. The third-order valence-corrected chi connectivity index (χ3v) is 6.56. The van der Waals surface area contributed by atoms with Gasteiger partial charge in [-0.15, -0.1) is 0 Å². The predicted molar refractivity (Wildman–Crippen MR) is 129 cm³/mol. The predicted octanol–water partition coefficient (Wildman–Crippen LogP) is 4.47. The number of ether oxygens (including phenoxy) is 1. The Morgan fingerprint density at radius 1 is 1.09 bits per heavy atom. The Morgan fingerprint density at radius 2 is 1.79 bits per heavy atom. The van der Waals surface area contributed by atoms with Gasteiger partial charge in [-0.05, 0) is 68.5 Å². The van der Waals surface area contributed by atoms with Gasteiger partial charge >= 0.3 is 12.0 Å². The summed E-state index contributed by atoms with van der Waals surface area (Å²) in [5.74, 6) is 0.227. The maximum absolute atomic E-state index is 12.9. The summed E-state index contributed by atoms with van der Waals surface area (Å²) in [6, 6.07) is 16.8. The van der Waals surface area contributed by atoms with E-state index in [0.29, 0.717) is 28.8 Å². The highest BCUT2D eigenvalue weighted by Gasteiger charge is 2.34. The third kappa shape index (κ3) is 5.95. The zero-order chi connectivity index (χ0) is 23.2. The van der Waals surface area contributed by atoms with E-state index in [-0.39, 0.29) is 12.6 Å². The van der Waals surface area contributed by atoms with Gasteiger partial charge in [-0.25, -0.2) is 9.59 Å². The molecule has 2 aliphatic rings. The molecule has 4 rings (SSSR count). The summed E-state index contributed by atoms with van der Waals surface area (Å²) in [6.45, 7) is 4.39. The van der Waals surface area contributed by atoms with Gasteiger partial charge in [-0.2, -0.15) is 0 Å². The molecule has 2 heterocycles. The van der Waals surface area contributed by atoms with Crippen molar-refractivity contribution >= 4 is 23.6 Å². The fourth-order valence-electron chi connectivity index (χ4n) is 4.62. The van der Waals surface area contributed by atoms with Gasteiger partial charge in [-0.1, -0.05) is 54.1 Å². The summed E-state index contributed by atoms with van der Waals surface area (Å²) in [5, 5.41) is 6.35. The van der Waals surface area contributed by atoms with Crippen LogP contribution in [0, 0.1) is 5.92 Å². The first kappa shape index (κ1) is 23.3. The van der Waals surface area contributed by atoms with Crippen LogP contribution < -0.4 is 10.6 Å². The van der Waals surface area contributed by atoms with Crippen LogP contribution in [0.5, 0.6) is 0 Å². The van der Waals surface area contributed by atoms with Crippen molar-refractivity contribution in [1.82, 2.24) is 15.5 Å². The summed E-state index contributed by atoms with van der Waals surface area (Å²) < 4.78 is 5.36. The summed E-state index contributed by atoms with van der Waals surface area (Å²) >= 11 is 6.04. The highest BCUT2D eigenvalue weighted by Crippen LogP contribution is 2.30. The minimum Gasteiger partial charge on any atom is -0.463 e. The fourth-order valence-corrected chi connectivity index (χ4v) is 4.74. The molecule has 1 atom stereocenters. The number of amides is 2. The molecule has 1 saturated heterocycles. The van der Waals surface area contributed by atoms with Crippen LogP contribution >= 0.6 is 11.6 Å². The Bertz CT molecular complexity index is 999. The average Bonchev–Trinajstić information content (AvgIpc) is 2.81. The molecule has 0 bridgehead atoms. The molecule has 0 aromatic heterocycles. The number of halogens is 1. The van der Waals surface area contributed by atoms with Gasteiger partial charge in [0, 0.05) is 17.3 Å². The van der Waals surface area contributed by atoms with Gasteiger partial charge in [0.1, 0.15) is 0 Å². The van der Waals surface area contributed by atoms with E-state index in [1.165, 1.54) is 5.56 Å². The van der Waals surface area contributed by atoms with E-state index in [4.69, 9.17) is 16.3 Å². The van der Waals surface area contributed by atoms with Crippen LogP contribution in [0.25, 0.3) is 0 Å². The van der Waals surface area contributed by atoms with Gasteiger partial charge in [0.05, 0.1) is 18.2 Å². The van der Waals surface area contributed by atoms with E-state index < -0.39 is 12.0 Å². The van der Waals surface area contributed by atoms with Crippen molar-refractivity contribution in [3.63, 3.8) is 0 Å². The van der Waals surface area contributed by atoms with Crippen LogP contribution in [0.1, 0.15) is 36.9 Å². The number of urea groups is 1. The first-order chi connectivity index (χ1) is 16.0. The number of rotatable bonds is 7. The highest BCUT2D eigenvalue weighted by atomic mass is 35.5. The maximum atomic E-state index is 12.9. The van der Waals surface area contributed by atoms with E-state index >= 15 is 0 Å². The third-order valence-electron chi connectivity index (χ3n) is 6.31. The second kappa shape index (κ2) is 10.9. The molecule has 2 aromatic carbocycles. The topological polar surface area (TPSA) is 70.7 Å². The molecule has 0 saturated carbocycles. The van der Waals surface area contributed by atoms with Crippen molar-refractivity contribution in [3.8, 4) is 0 Å². The Balaban J connectivity index is 1.50. The first-order valence-corrected chi connectivity index (χ1v) is 11.9. The second-order valence-electron chi connectivity index (χ2n) is 8.60. The molecule has 33 heavy (non-hydrogen) atoms. The van der Waals surface area contributed by atoms with Gasteiger partial charge < -0.3 is 15.4 Å². The molecule has 6 nitrogen and oxygen atoms in total. The van der Waals surface area contributed by atoms with E-state index in [1.54, 1.807) is 19.1 Å². The number of nitrogens with one attached hydrogen (secondary N) is 2. The number of hydrogen-bond donors (Lipinski definition) is 2. The van der Waals surface area contributed by atoms with Crippen LogP contribution in [0.3, 0.4) is 0 Å². The standard InChI is InChI=1S/C26H30ClN3O3/c1-2-33-25(31)23-22(28-26(32)29-24(23)20-8-10-21(27)11-9-20)17-30-14-12-19(13-15-30)16-18-6-4-3-5-7-18/h3-11,19,24H,2,12-17H2,1H3,(H2,28,29,32)/t24-/m0/s1. The molecule has 0 unspecified atom stereocenters. The van der Waals surface area contributed by atoms with Crippen molar-refractivity contribution < 1.29 is 14.3 Å². The molecule has 7 heteroatoms. The number of piperidine rings is 1. The van der Waals surface area contributed by atoms with E-state index in [1.807, 2.05) is 18.2 Å². The van der Waals surface area contributed by atoms with Crippen molar-refractivity contribution in [3.05, 3.63) is 82.0 Å². The SMILES string of the molecule is CCOC(=O)C1=C(CN2CCC(Cc3ccccc3)CC2)NC(=O)N[C@H]1c1ccc(Cl)cc1. The number of nitrogens with zero attached hydrogens (tertiary/aromatic N) is 1. The number of carbonyl (C=O) groups is 2. The molecule has 2 N–H and O–H groups in total. The smallest absolute Gasteiger partial charge is 0.338 e.